The van der Waals surface area contributed by atoms with Crippen LogP contribution in [-0.2, 0) is 9.53 Å². The van der Waals surface area contributed by atoms with E-state index in [4.69, 9.17) is 9.84 Å². The number of carboxylic acid groups (broad SMARTS) is 1. The Balaban J connectivity index is 1.93. The fraction of sp³-hybridized carbons (Fsp3) is 0.889. The molecule has 2 aliphatic rings. The van der Waals surface area contributed by atoms with Gasteiger partial charge in [0.15, 0.2) is 0 Å². The average molecular weight is 185 g/mol. The number of hydrogen-bond donors (Lipinski definition) is 1. The molecule has 0 atom stereocenters. The number of carbonyl (C=O) groups is 1. The van der Waals surface area contributed by atoms with Crippen LogP contribution in [0.5, 0.6) is 0 Å². The smallest absolute Gasteiger partial charge is 0.315 e. The van der Waals surface area contributed by atoms with Crippen LogP contribution in [0.4, 0.5) is 0 Å². The molecule has 0 aromatic carbocycles. The molecule has 74 valence electrons. The largest absolute Gasteiger partial charge is 0.481 e. The Morgan fingerprint density at radius 2 is 2.00 bits per heavy atom. The molecule has 2 heterocycles. The summed E-state index contributed by atoms with van der Waals surface area (Å²) >= 11 is 0. The molecule has 4 nitrogen and oxygen atoms in total. The Morgan fingerprint density at radius 3 is 2.38 bits per heavy atom. The van der Waals surface area contributed by atoms with Crippen molar-refractivity contribution in [3.63, 3.8) is 0 Å². The van der Waals surface area contributed by atoms with Crippen LogP contribution in [0, 0.1) is 5.41 Å². The SMILES string of the molecule is O=C(O)C1(CN2CCCC2)COC1. The standard InChI is InChI=1S/C9H15NO3/c11-8(12)9(6-13-7-9)5-10-3-1-2-4-10/h1-7H2,(H,11,12). The normalized spacial score (nSPS) is 27.1. The lowest BCUT2D eigenvalue weighted by Crippen LogP contribution is -2.55. The summed E-state index contributed by atoms with van der Waals surface area (Å²) < 4.78 is 5.00. The van der Waals surface area contributed by atoms with Gasteiger partial charge in [-0.15, -0.1) is 0 Å². The van der Waals surface area contributed by atoms with E-state index in [9.17, 15) is 4.79 Å². The molecule has 1 N–H and O–H groups in total. The van der Waals surface area contributed by atoms with Gasteiger partial charge in [0, 0.05) is 6.54 Å². The second kappa shape index (κ2) is 3.27. The van der Waals surface area contributed by atoms with Gasteiger partial charge in [-0.3, -0.25) is 4.79 Å². The average Bonchev–Trinajstić information content (AvgIpc) is 2.47. The maximum absolute atomic E-state index is 11.0. The third-order valence-electron chi connectivity index (χ3n) is 2.94. The monoisotopic (exact) mass is 185 g/mol. The van der Waals surface area contributed by atoms with Gasteiger partial charge in [-0.05, 0) is 25.9 Å². The zero-order chi connectivity index (χ0) is 9.31. The molecule has 13 heavy (non-hydrogen) atoms. The van der Waals surface area contributed by atoms with Gasteiger partial charge in [0.1, 0.15) is 5.41 Å². The maximum Gasteiger partial charge on any atom is 0.315 e. The molecule has 0 unspecified atom stereocenters. The lowest BCUT2D eigenvalue weighted by atomic mass is 9.85. The first-order valence-corrected chi connectivity index (χ1v) is 4.76. The minimum Gasteiger partial charge on any atom is -0.481 e. The fourth-order valence-corrected chi connectivity index (χ4v) is 2.00. The molecule has 2 fully saturated rings. The van der Waals surface area contributed by atoms with E-state index in [2.05, 4.69) is 4.90 Å². The minimum absolute atomic E-state index is 0.388. The molecule has 2 rings (SSSR count). The number of ether oxygens (including phenoxy) is 1. The third kappa shape index (κ3) is 1.56. The van der Waals surface area contributed by atoms with Crippen molar-refractivity contribution in [2.75, 3.05) is 32.8 Å². The van der Waals surface area contributed by atoms with E-state index >= 15 is 0 Å². The molecule has 0 spiro atoms. The van der Waals surface area contributed by atoms with Gasteiger partial charge in [0.2, 0.25) is 0 Å². The predicted octanol–water partition coefficient (Wildman–Crippen LogP) is 0.183. The highest BCUT2D eigenvalue weighted by molar-refractivity contribution is 5.76. The van der Waals surface area contributed by atoms with Gasteiger partial charge >= 0.3 is 5.97 Å². The van der Waals surface area contributed by atoms with Gasteiger partial charge < -0.3 is 14.7 Å². The molecule has 0 amide bonds. The lowest BCUT2D eigenvalue weighted by molar-refractivity contribution is -0.182. The van der Waals surface area contributed by atoms with Crippen LogP contribution >= 0.6 is 0 Å². The highest BCUT2D eigenvalue weighted by Crippen LogP contribution is 2.30. The second-order valence-corrected chi connectivity index (χ2v) is 4.06. The number of carboxylic acids is 1. The van der Waals surface area contributed by atoms with Crippen molar-refractivity contribution < 1.29 is 14.6 Å². The Labute approximate surface area is 77.5 Å². The van der Waals surface area contributed by atoms with E-state index < -0.39 is 11.4 Å². The summed E-state index contributed by atoms with van der Waals surface area (Å²) in [5, 5.41) is 9.04. The number of aliphatic carboxylic acids is 1. The Hall–Kier alpha value is -0.610. The molecule has 2 aliphatic heterocycles. The molecule has 4 heteroatoms. The summed E-state index contributed by atoms with van der Waals surface area (Å²) in [6.07, 6.45) is 2.41. The highest BCUT2D eigenvalue weighted by atomic mass is 16.5. The van der Waals surface area contributed by atoms with Crippen LogP contribution < -0.4 is 0 Å². The highest BCUT2D eigenvalue weighted by Gasteiger charge is 2.47. The van der Waals surface area contributed by atoms with Crippen molar-refractivity contribution in [1.82, 2.24) is 4.90 Å². The van der Waals surface area contributed by atoms with E-state index in [1.807, 2.05) is 0 Å². The summed E-state index contributed by atoms with van der Waals surface area (Å²) in [4.78, 5) is 13.2. The Morgan fingerprint density at radius 1 is 1.38 bits per heavy atom. The van der Waals surface area contributed by atoms with Crippen LogP contribution in [0.3, 0.4) is 0 Å². The van der Waals surface area contributed by atoms with Gasteiger partial charge in [-0.25, -0.2) is 0 Å². The summed E-state index contributed by atoms with van der Waals surface area (Å²) in [6.45, 7) is 3.55. The van der Waals surface area contributed by atoms with Crippen LogP contribution in [0.2, 0.25) is 0 Å². The molecular formula is C9H15NO3. The quantitative estimate of drug-likeness (QED) is 0.681. The van der Waals surface area contributed by atoms with E-state index in [-0.39, 0.29) is 0 Å². The van der Waals surface area contributed by atoms with Gasteiger partial charge in [0.05, 0.1) is 13.2 Å². The molecule has 2 saturated heterocycles. The number of nitrogens with zero attached hydrogens (tertiary/aromatic N) is 1. The van der Waals surface area contributed by atoms with Crippen molar-refractivity contribution in [1.29, 1.82) is 0 Å². The summed E-state index contributed by atoms with van der Waals surface area (Å²) in [5.41, 5.74) is -0.593. The Bertz CT molecular complexity index is 207. The fourth-order valence-electron chi connectivity index (χ4n) is 2.00. The number of likely N-dealkylation sites (tertiary alicyclic amines) is 1. The number of hydrogen-bond acceptors (Lipinski definition) is 3. The molecule has 0 radical (unpaired) electrons. The van der Waals surface area contributed by atoms with Gasteiger partial charge in [-0.1, -0.05) is 0 Å². The van der Waals surface area contributed by atoms with Crippen LogP contribution in [0.1, 0.15) is 12.8 Å². The topological polar surface area (TPSA) is 49.8 Å². The summed E-state index contributed by atoms with van der Waals surface area (Å²) in [7, 11) is 0. The van der Waals surface area contributed by atoms with Crippen molar-refractivity contribution in [3.8, 4) is 0 Å². The van der Waals surface area contributed by atoms with Crippen molar-refractivity contribution in [3.05, 3.63) is 0 Å². The first-order valence-electron chi connectivity index (χ1n) is 4.76. The second-order valence-electron chi connectivity index (χ2n) is 4.06. The molecule has 0 aromatic heterocycles. The van der Waals surface area contributed by atoms with Gasteiger partial charge in [-0.2, -0.15) is 0 Å². The molecule has 0 aliphatic carbocycles. The van der Waals surface area contributed by atoms with Crippen LogP contribution in [0.25, 0.3) is 0 Å². The first-order chi connectivity index (χ1) is 6.23. The zero-order valence-electron chi connectivity index (χ0n) is 7.66. The zero-order valence-corrected chi connectivity index (χ0v) is 7.66. The maximum atomic E-state index is 11.0. The first kappa shape index (κ1) is 8.97. The lowest BCUT2D eigenvalue weighted by Gasteiger charge is -2.39. The van der Waals surface area contributed by atoms with E-state index in [0.717, 1.165) is 13.1 Å². The number of rotatable bonds is 3. The van der Waals surface area contributed by atoms with Crippen molar-refractivity contribution >= 4 is 5.97 Å². The molecule has 0 bridgehead atoms. The van der Waals surface area contributed by atoms with E-state index in [1.54, 1.807) is 0 Å². The third-order valence-corrected chi connectivity index (χ3v) is 2.94. The molecular weight excluding hydrogens is 170 g/mol. The molecule has 0 saturated carbocycles. The minimum atomic E-state index is -0.703. The van der Waals surface area contributed by atoms with Gasteiger partial charge in [0.25, 0.3) is 0 Å². The van der Waals surface area contributed by atoms with E-state index in [1.165, 1.54) is 12.8 Å². The van der Waals surface area contributed by atoms with Crippen molar-refractivity contribution in [2.24, 2.45) is 5.41 Å². The van der Waals surface area contributed by atoms with E-state index in [0.29, 0.717) is 19.8 Å². The summed E-state index contributed by atoms with van der Waals surface area (Å²) in [5.74, 6) is -0.703. The Kier molecular flexibility index (Phi) is 2.26. The van der Waals surface area contributed by atoms with Crippen LogP contribution in [0.15, 0.2) is 0 Å². The predicted molar refractivity (Wildman–Crippen MR) is 46.6 cm³/mol. The van der Waals surface area contributed by atoms with Crippen molar-refractivity contribution in [2.45, 2.75) is 12.8 Å². The molecule has 0 aromatic rings. The van der Waals surface area contributed by atoms with Crippen LogP contribution in [-0.4, -0.2) is 48.8 Å². The summed E-state index contributed by atoms with van der Waals surface area (Å²) in [6, 6.07) is 0.